The molecule has 0 unspecified atom stereocenters. The molecule has 6 heteroatoms. The third-order valence-electron chi connectivity index (χ3n) is 5.66. The van der Waals surface area contributed by atoms with E-state index >= 15 is 0 Å². The van der Waals surface area contributed by atoms with E-state index in [0.29, 0.717) is 17.0 Å². The molecule has 0 radical (unpaired) electrons. The van der Waals surface area contributed by atoms with E-state index in [9.17, 15) is 0 Å². The maximum atomic E-state index is 6.26. The largest absolute Gasteiger partial charge is 0.329 e. The highest BCUT2D eigenvalue weighted by Crippen LogP contribution is 2.33. The van der Waals surface area contributed by atoms with Gasteiger partial charge in [0.05, 0.1) is 5.52 Å². The molecule has 31 heavy (non-hydrogen) atoms. The van der Waals surface area contributed by atoms with Crippen LogP contribution in [0.2, 0.25) is 5.28 Å². The van der Waals surface area contributed by atoms with Gasteiger partial charge in [-0.15, -0.1) is 10.2 Å². The van der Waals surface area contributed by atoms with E-state index < -0.39 is 0 Å². The van der Waals surface area contributed by atoms with Gasteiger partial charge in [0.25, 0.3) is 5.78 Å². The number of para-hydroxylation sites is 1. The number of benzene rings is 3. The van der Waals surface area contributed by atoms with Gasteiger partial charge in [0.15, 0.2) is 0 Å². The maximum Gasteiger partial charge on any atom is 0.258 e. The Labute approximate surface area is 185 Å². The zero-order valence-corrected chi connectivity index (χ0v) is 18.4. The number of hydrogen-bond donors (Lipinski definition) is 0. The van der Waals surface area contributed by atoms with Crippen molar-refractivity contribution < 1.29 is 0 Å². The molecule has 0 spiro atoms. The van der Waals surface area contributed by atoms with Gasteiger partial charge >= 0.3 is 0 Å². The van der Waals surface area contributed by atoms with Gasteiger partial charge in [-0.3, -0.25) is 0 Å². The molecule has 0 amide bonds. The number of nitrogens with zero attached hydrogens (tertiary/aromatic N) is 5. The predicted octanol–water partition coefficient (Wildman–Crippen LogP) is 6.49. The summed E-state index contributed by atoms with van der Waals surface area (Å²) in [6.45, 7) is 4.42. The molecule has 154 valence electrons. The van der Waals surface area contributed by atoms with Gasteiger partial charge in [-0.05, 0) is 58.5 Å². The van der Waals surface area contributed by atoms with Crippen molar-refractivity contribution in [3.63, 3.8) is 0 Å². The van der Waals surface area contributed by atoms with Crippen molar-refractivity contribution in [3.05, 3.63) is 83.6 Å². The highest BCUT2D eigenvalue weighted by atomic mass is 35.5. The van der Waals surface area contributed by atoms with Crippen LogP contribution in [0, 0.1) is 0 Å². The lowest BCUT2D eigenvalue weighted by molar-refractivity contribution is 0.867. The molecule has 0 saturated heterocycles. The summed E-state index contributed by atoms with van der Waals surface area (Å²) in [5.74, 6) is 1.80. The summed E-state index contributed by atoms with van der Waals surface area (Å²) >= 11 is 6.26. The Morgan fingerprint density at radius 1 is 0.871 bits per heavy atom. The van der Waals surface area contributed by atoms with Crippen LogP contribution >= 0.6 is 11.6 Å². The predicted molar refractivity (Wildman–Crippen MR) is 127 cm³/mol. The molecule has 0 fully saturated rings. The van der Waals surface area contributed by atoms with Crippen molar-refractivity contribution in [2.75, 3.05) is 11.9 Å². The standard InChI is InChI=1S/C25H22ClN5/c1-16(2)17-11-13-18(14-12-17)19-7-6-8-20(15-19)30(3)23-21-9-4-5-10-22(21)31-24(26)28-29-25(31)27-23/h4-16H,1-3H3. The first kappa shape index (κ1) is 19.5. The molecule has 5 rings (SSSR count). The van der Waals surface area contributed by atoms with Gasteiger partial charge in [-0.1, -0.05) is 62.4 Å². The zero-order valence-electron chi connectivity index (χ0n) is 17.6. The molecule has 5 nitrogen and oxygen atoms in total. The summed E-state index contributed by atoms with van der Waals surface area (Å²) in [4.78, 5) is 6.85. The quantitative estimate of drug-likeness (QED) is 0.329. The summed E-state index contributed by atoms with van der Waals surface area (Å²) in [5, 5.41) is 9.41. The number of halogens is 1. The molecule has 0 aliphatic carbocycles. The second-order valence-electron chi connectivity index (χ2n) is 7.94. The Morgan fingerprint density at radius 2 is 1.65 bits per heavy atom. The fraction of sp³-hybridized carbons (Fsp3) is 0.160. The van der Waals surface area contributed by atoms with E-state index in [2.05, 4.69) is 77.5 Å². The second-order valence-corrected chi connectivity index (χ2v) is 8.28. The molecular weight excluding hydrogens is 406 g/mol. The first-order valence-corrected chi connectivity index (χ1v) is 10.6. The van der Waals surface area contributed by atoms with Crippen LogP contribution in [0.1, 0.15) is 25.3 Å². The highest BCUT2D eigenvalue weighted by Gasteiger charge is 2.16. The number of rotatable bonds is 4. The summed E-state index contributed by atoms with van der Waals surface area (Å²) in [6, 6.07) is 25.3. The first-order valence-electron chi connectivity index (χ1n) is 10.3. The van der Waals surface area contributed by atoms with Crippen molar-refractivity contribution in [1.82, 2.24) is 19.6 Å². The summed E-state index contributed by atoms with van der Waals surface area (Å²) < 4.78 is 1.76. The summed E-state index contributed by atoms with van der Waals surface area (Å²) in [5.41, 5.74) is 5.66. The SMILES string of the molecule is CC(C)c1ccc(-c2cccc(N(C)c3nc4nnc(Cl)n4c4ccccc34)c2)cc1. The number of hydrogen-bond acceptors (Lipinski definition) is 4. The van der Waals surface area contributed by atoms with Crippen molar-refractivity contribution in [2.45, 2.75) is 19.8 Å². The maximum absolute atomic E-state index is 6.26. The molecule has 0 bridgehead atoms. The topological polar surface area (TPSA) is 46.3 Å². The fourth-order valence-electron chi connectivity index (χ4n) is 3.88. The smallest absolute Gasteiger partial charge is 0.258 e. The van der Waals surface area contributed by atoms with E-state index in [1.807, 2.05) is 31.3 Å². The summed E-state index contributed by atoms with van der Waals surface area (Å²) in [7, 11) is 2.02. The van der Waals surface area contributed by atoms with E-state index in [0.717, 1.165) is 28.0 Å². The molecule has 5 aromatic rings. The van der Waals surface area contributed by atoms with Crippen LogP contribution in [0.4, 0.5) is 11.5 Å². The lowest BCUT2D eigenvalue weighted by Crippen LogP contribution is -2.13. The molecule has 3 aromatic carbocycles. The van der Waals surface area contributed by atoms with E-state index in [1.54, 1.807) is 4.40 Å². The van der Waals surface area contributed by atoms with Crippen LogP contribution < -0.4 is 4.90 Å². The molecular formula is C25H22ClN5. The Hall–Kier alpha value is -3.44. The Kier molecular flexibility index (Phi) is 4.83. The number of anilines is 2. The van der Waals surface area contributed by atoms with Crippen molar-refractivity contribution >= 4 is 39.8 Å². The Morgan fingerprint density at radius 3 is 2.42 bits per heavy atom. The first-order chi connectivity index (χ1) is 15.0. The van der Waals surface area contributed by atoms with E-state index in [4.69, 9.17) is 16.6 Å². The normalized spacial score (nSPS) is 11.5. The Bertz CT molecular complexity index is 1390. The van der Waals surface area contributed by atoms with Gasteiger partial charge in [0, 0.05) is 18.1 Å². The third kappa shape index (κ3) is 3.41. The molecule has 0 saturated carbocycles. The van der Waals surface area contributed by atoms with Crippen molar-refractivity contribution in [1.29, 1.82) is 0 Å². The molecule has 2 aromatic heterocycles. The Balaban J connectivity index is 1.60. The molecule has 0 aliphatic rings. The average molecular weight is 428 g/mol. The molecule has 0 aliphatic heterocycles. The van der Waals surface area contributed by atoms with Crippen molar-refractivity contribution in [2.24, 2.45) is 0 Å². The molecule has 0 N–H and O–H groups in total. The van der Waals surface area contributed by atoms with E-state index in [-0.39, 0.29) is 0 Å². The zero-order chi connectivity index (χ0) is 21.5. The van der Waals surface area contributed by atoms with Gasteiger partial charge in [-0.25, -0.2) is 4.40 Å². The minimum Gasteiger partial charge on any atom is -0.329 e. The third-order valence-corrected chi connectivity index (χ3v) is 5.90. The van der Waals surface area contributed by atoms with Crippen LogP contribution in [-0.2, 0) is 0 Å². The van der Waals surface area contributed by atoms with Crippen molar-refractivity contribution in [3.8, 4) is 11.1 Å². The van der Waals surface area contributed by atoms with Crippen LogP contribution in [0.15, 0.2) is 72.8 Å². The van der Waals surface area contributed by atoms with Crippen LogP contribution in [-0.4, -0.2) is 26.6 Å². The highest BCUT2D eigenvalue weighted by molar-refractivity contribution is 6.29. The minimum atomic E-state index is 0.305. The fourth-order valence-corrected chi connectivity index (χ4v) is 4.09. The van der Waals surface area contributed by atoms with E-state index in [1.165, 1.54) is 11.1 Å². The van der Waals surface area contributed by atoms with Gasteiger partial charge < -0.3 is 4.90 Å². The van der Waals surface area contributed by atoms with Crippen LogP contribution in [0.3, 0.4) is 0 Å². The lowest BCUT2D eigenvalue weighted by atomic mass is 9.98. The van der Waals surface area contributed by atoms with Gasteiger partial charge in [0.2, 0.25) is 5.28 Å². The van der Waals surface area contributed by atoms with Crippen LogP contribution in [0.25, 0.3) is 27.8 Å². The molecule has 2 heterocycles. The monoisotopic (exact) mass is 427 g/mol. The van der Waals surface area contributed by atoms with Crippen LogP contribution in [0.5, 0.6) is 0 Å². The van der Waals surface area contributed by atoms with Gasteiger partial charge in [0.1, 0.15) is 5.82 Å². The molecule has 0 atom stereocenters. The van der Waals surface area contributed by atoms with Gasteiger partial charge in [-0.2, -0.15) is 4.98 Å². The number of fused-ring (bicyclic) bond motifs is 3. The number of aromatic nitrogens is 4. The minimum absolute atomic E-state index is 0.305. The lowest BCUT2D eigenvalue weighted by Gasteiger charge is -2.21. The second kappa shape index (κ2) is 7.67. The average Bonchev–Trinajstić information content (AvgIpc) is 3.19. The summed E-state index contributed by atoms with van der Waals surface area (Å²) in [6.07, 6.45) is 0.